The second-order valence-electron chi connectivity index (χ2n) is 7.13. The molecule has 4 heteroatoms. The Morgan fingerprint density at radius 1 is 1.30 bits per heavy atom. The first kappa shape index (κ1) is 14.3. The maximum absolute atomic E-state index is 12.0. The normalized spacial score (nSPS) is 38.5. The molecule has 2 unspecified atom stereocenters. The molecule has 0 aromatic heterocycles. The van der Waals surface area contributed by atoms with Crippen LogP contribution in [0.25, 0.3) is 0 Å². The fraction of sp³-hybridized carbons (Fsp3) is 0.938. The van der Waals surface area contributed by atoms with E-state index in [4.69, 9.17) is 0 Å². The summed E-state index contributed by atoms with van der Waals surface area (Å²) >= 11 is 0. The summed E-state index contributed by atoms with van der Waals surface area (Å²) in [7, 11) is 0. The lowest BCUT2D eigenvalue weighted by molar-refractivity contribution is -0.123. The standard InChI is InChI=1S/C16H29N3O/c1-12-8-14(9-12)19-7-3-4-13(11-19)10-18-16(20)15-5-2-6-17-15/h12-15,17H,2-11H2,1H3,(H,18,20). The van der Waals surface area contributed by atoms with E-state index in [1.54, 1.807) is 0 Å². The lowest BCUT2D eigenvalue weighted by Gasteiger charge is -2.45. The van der Waals surface area contributed by atoms with Gasteiger partial charge in [-0.15, -0.1) is 0 Å². The van der Waals surface area contributed by atoms with Crippen LogP contribution in [0.15, 0.2) is 0 Å². The zero-order valence-electron chi connectivity index (χ0n) is 12.7. The van der Waals surface area contributed by atoms with Gasteiger partial charge < -0.3 is 15.5 Å². The van der Waals surface area contributed by atoms with Crippen LogP contribution in [-0.4, -0.2) is 49.1 Å². The van der Waals surface area contributed by atoms with Crippen molar-refractivity contribution in [3.05, 3.63) is 0 Å². The van der Waals surface area contributed by atoms with E-state index in [1.807, 2.05) is 0 Å². The number of piperidine rings is 1. The van der Waals surface area contributed by atoms with E-state index >= 15 is 0 Å². The van der Waals surface area contributed by atoms with Crippen molar-refractivity contribution in [2.75, 3.05) is 26.2 Å². The average molecular weight is 279 g/mol. The SMILES string of the molecule is CC1CC(N2CCCC(CNC(=O)C3CCCN3)C2)C1. The number of rotatable bonds is 4. The Bertz CT molecular complexity index is 335. The second kappa shape index (κ2) is 6.44. The Kier molecular flexibility index (Phi) is 4.61. The minimum Gasteiger partial charge on any atom is -0.354 e. The van der Waals surface area contributed by atoms with Gasteiger partial charge in [-0.05, 0) is 63.5 Å². The maximum Gasteiger partial charge on any atom is 0.237 e. The number of hydrogen-bond acceptors (Lipinski definition) is 3. The molecule has 2 atom stereocenters. The molecule has 0 aromatic carbocycles. The predicted octanol–water partition coefficient (Wildman–Crippen LogP) is 1.37. The first-order valence-electron chi connectivity index (χ1n) is 8.47. The van der Waals surface area contributed by atoms with Crippen molar-refractivity contribution in [1.29, 1.82) is 0 Å². The molecule has 0 spiro atoms. The van der Waals surface area contributed by atoms with Crippen LogP contribution in [0.1, 0.15) is 45.4 Å². The zero-order valence-corrected chi connectivity index (χ0v) is 12.7. The van der Waals surface area contributed by atoms with Crippen LogP contribution in [0.5, 0.6) is 0 Å². The molecule has 2 N–H and O–H groups in total. The molecule has 4 nitrogen and oxygen atoms in total. The fourth-order valence-electron chi connectivity index (χ4n) is 4.03. The molecule has 2 saturated heterocycles. The molecule has 2 aliphatic heterocycles. The Labute approximate surface area is 122 Å². The summed E-state index contributed by atoms with van der Waals surface area (Å²) in [5, 5.41) is 6.44. The van der Waals surface area contributed by atoms with E-state index in [9.17, 15) is 4.79 Å². The largest absolute Gasteiger partial charge is 0.354 e. The smallest absolute Gasteiger partial charge is 0.237 e. The van der Waals surface area contributed by atoms with Crippen molar-refractivity contribution >= 4 is 5.91 Å². The number of nitrogens with zero attached hydrogens (tertiary/aromatic N) is 1. The lowest BCUT2D eigenvalue weighted by atomic mass is 9.79. The van der Waals surface area contributed by atoms with Crippen molar-refractivity contribution in [1.82, 2.24) is 15.5 Å². The van der Waals surface area contributed by atoms with Crippen molar-refractivity contribution < 1.29 is 4.79 Å². The van der Waals surface area contributed by atoms with Gasteiger partial charge in [0, 0.05) is 19.1 Å². The van der Waals surface area contributed by atoms with Gasteiger partial charge in [-0.3, -0.25) is 4.79 Å². The van der Waals surface area contributed by atoms with Crippen LogP contribution in [-0.2, 0) is 4.79 Å². The second-order valence-corrected chi connectivity index (χ2v) is 7.13. The summed E-state index contributed by atoms with van der Waals surface area (Å²) < 4.78 is 0. The highest BCUT2D eigenvalue weighted by Crippen LogP contribution is 2.33. The molecule has 0 bridgehead atoms. The monoisotopic (exact) mass is 279 g/mol. The van der Waals surface area contributed by atoms with Crippen LogP contribution in [0.3, 0.4) is 0 Å². The van der Waals surface area contributed by atoms with Crippen LogP contribution in [0.2, 0.25) is 0 Å². The third kappa shape index (κ3) is 3.34. The van der Waals surface area contributed by atoms with Gasteiger partial charge in [-0.2, -0.15) is 0 Å². The van der Waals surface area contributed by atoms with Gasteiger partial charge in [-0.1, -0.05) is 6.92 Å². The van der Waals surface area contributed by atoms with Crippen LogP contribution in [0.4, 0.5) is 0 Å². The van der Waals surface area contributed by atoms with Crippen LogP contribution >= 0.6 is 0 Å². The summed E-state index contributed by atoms with van der Waals surface area (Å²) in [5.74, 6) is 1.80. The third-order valence-corrected chi connectivity index (χ3v) is 5.36. The highest BCUT2D eigenvalue weighted by molar-refractivity contribution is 5.81. The highest BCUT2D eigenvalue weighted by atomic mass is 16.2. The van der Waals surface area contributed by atoms with Gasteiger partial charge in [0.2, 0.25) is 5.91 Å². The van der Waals surface area contributed by atoms with Gasteiger partial charge in [0.15, 0.2) is 0 Å². The molecule has 114 valence electrons. The van der Waals surface area contributed by atoms with Crippen molar-refractivity contribution in [2.24, 2.45) is 11.8 Å². The third-order valence-electron chi connectivity index (χ3n) is 5.36. The van der Waals surface area contributed by atoms with Gasteiger partial charge >= 0.3 is 0 Å². The fourth-order valence-corrected chi connectivity index (χ4v) is 4.03. The van der Waals surface area contributed by atoms with E-state index < -0.39 is 0 Å². The minimum absolute atomic E-state index is 0.0715. The molecule has 1 aliphatic carbocycles. The number of carbonyl (C=O) groups excluding carboxylic acids is 1. The summed E-state index contributed by atoms with van der Waals surface area (Å²) in [5.41, 5.74) is 0. The highest BCUT2D eigenvalue weighted by Gasteiger charge is 2.33. The summed E-state index contributed by atoms with van der Waals surface area (Å²) in [4.78, 5) is 14.7. The molecular weight excluding hydrogens is 250 g/mol. The summed E-state index contributed by atoms with van der Waals surface area (Å²) in [6.45, 7) is 6.68. The molecule has 3 fully saturated rings. The predicted molar refractivity (Wildman–Crippen MR) is 80.5 cm³/mol. The van der Waals surface area contributed by atoms with Gasteiger partial charge in [0.25, 0.3) is 0 Å². The quantitative estimate of drug-likeness (QED) is 0.817. The number of likely N-dealkylation sites (tertiary alicyclic amines) is 1. The minimum atomic E-state index is 0.0715. The zero-order chi connectivity index (χ0) is 13.9. The molecule has 0 aromatic rings. The molecule has 3 rings (SSSR count). The Morgan fingerprint density at radius 2 is 2.15 bits per heavy atom. The van der Waals surface area contributed by atoms with E-state index in [0.29, 0.717) is 5.92 Å². The lowest BCUT2D eigenvalue weighted by Crippen LogP contribution is -2.51. The molecule has 1 saturated carbocycles. The van der Waals surface area contributed by atoms with Crippen LogP contribution in [0, 0.1) is 11.8 Å². The van der Waals surface area contributed by atoms with E-state index in [2.05, 4.69) is 22.5 Å². The summed E-state index contributed by atoms with van der Waals surface area (Å²) in [6, 6.07) is 0.905. The number of amides is 1. The average Bonchev–Trinajstić information content (AvgIpc) is 2.96. The molecular formula is C16H29N3O. The first-order chi connectivity index (χ1) is 9.72. The molecule has 0 radical (unpaired) electrons. The van der Waals surface area contributed by atoms with Crippen molar-refractivity contribution in [3.8, 4) is 0 Å². The molecule has 1 amide bonds. The number of nitrogens with one attached hydrogen (secondary N) is 2. The molecule has 3 aliphatic rings. The van der Waals surface area contributed by atoms with E-state index in [0.717, 1.165) is 37.9 Å². The number of carbonyl (C=O) groups is 1. The van der Waals surface area contributed by atoms with Gasteiger partial charge in [-0.25, -0.2) is 0 Å². The number of hydrogen-bond donors (Lipinski definition) is 2. The topological polar surface area (TPSA) is 44.4 Å². The molecule has 2 heterocycles. The van der Waals surface area contributed by atoms with E-state index in [1.165, 1.54) is 38.8 Å². The van der Waals surface area contributed by atoms with Gasteiger partial charge in [0.1, 0.15) is 0 Å². The Balaban J connectivity index is 1.39. The summed E-state index contributed by atoms with van der Waals surface area (Å²) in [6.07, 6.45) is 7.47. The maximum atomic E-state index is 12.0. The van der Waals surface area contributed by atoms with Gasteiger partial charge in [0.05, 0.1) is 6.04 Å². The van der Waals surface area contributed by atoms with Crippen molar-refractivity contribution in [2.45, 2.75) is 57.5 Å². The Hall–Kier alpha value is -0.610. The van der Waals surface area contributed by atoms with Crippen molar-refractivity contribution in [3.63, 3.8) is 0 Å². The van der Waals surface area contributed by atoms with E-state index in [-0.39, 0.29) is 11.9 Å². The first-order valence-corrected chi connectivity index (χ1v) is 8.47. The van der Waals surface area contributed by atoms with Crippen LogP contribution < -0.4 is 10.6 Å². The molecule has 20 heavy (non-hydrogen) atoms. The Morgan fingerprint density at radius 3 is 2.85 bits per heavy atom.